The molecule has 0 saturated carbocycles. The van der Waals surface area contributed by atoms with E-state index in [9.17, 15) is 4.79 Å². The van der Waals surface area contributed by atoms with Gasteiger partial charge in [-0.1, -0.05) is 12.1 Å². The van der Waals surface area contributed by atoms with Crippen LogP contribution in [0.4, 0.5) is 5.82 Å². The van der Waals surface area contributed by atoms with Crippen molar-refractivity contribution in [2.75, 3.05) is 38.7 Å². The van der Waals surface area contributed by atoms with Crippen LogP contribution in [0.1, 0.15) is 18.4 Å². The van der Waals surface area contributed by atoms with Gasteiger partial charge in [0.1, 0.15) is 11.3 Å². The normalized spacial score (nSPS) is 15.7. The topological polar surface area (TPSA) is 114 Å². The number of aromatic amines is 1. The fourth-order valence-corrected chi connectivity index (χ4v) is 3.87. The number of carbonyl (C=O) groups excluding carboxylic acids is 1. The van der Waals surface area contributed by atoms with Crippen LogP contribution in [0.2, 0.25) is 5.28 Å². The maximum atomic E-state index is 12.6. The summed E-state index contributed by atoms with van der Waals surface area (Å²) >= 11 is 5.93. The number of ether oxygens (including phenoxy) is 2. The summed E-state index contributed by atoms with van der Waals surface area (Å²) in [4.78, 5) is 27.7. The summed E-state index contributed by atoms with van der Waals surface area (Å²) < 4.78 is 10.8. The van der Waals surface area contributed by atoms with Gasteiger partial charge >= 0.3 is 0 Å². The summed E-state index contributed by atoms with van der Waals surface area (Å²) in [6, 6.07) is 8.02. The monoisotopic (exact) mass is 430 g/mol. The SMILES string of the molecule is COc1ccc(C2(CNC(=O)CNc3nc(Cl)nc4nc[nH]c34)CCOCC2)cc1. The standard InChI is InChI=1S/C20H23ClN6O3/c1-29-14-4-2-13(3-5-14)20(6-8-30-9-7-20)11-23-15(28)10-22-17-16-18(25-12-24-16)27-19(21)26-17/h2-5,12H,6-11H2,1H3,(H,23,28)(H2,22,24,25,26,27). The zero-order valence-electron chi connectivity index (χ0n) is 16.6. The Kier molecular flexibility index (Phi) is 6.01. The summed E-state index contributed by atoms with van der Waals surface area (Å²) in [6.07, 6.45) is 3.18. The van der Waals surface area contributed by atoms with Crippen LogP contribution < -0.4 is 15.4 Å². The van der Waals surface area contributed by atoms with Gasteiger partial charge in [-0.25, -0.2) is 4.98 Å². The quantitative estimate of drug-likeness (QED) is 0.493. The first-order valence-corrected chi connectivity index (χ1v) is 10.1. The number of methoxy groups -OCH3 is 1. The highest BCUT2D eigenvalue weighted by molar-refractivity contribution is 6.28. The second-order valence-electron chi connectivity index (χ2n) is 7.19. The van der Waals surface area contributed by atoms with Crippen molar-refractivity contribution < 1.29 is 14.3 Å². The van der Waals surface area contributed by atoms with E-state index in [0.29, 0.717) is 36.7 Å². The van der Waals surface area contributed by atoms with E-state index in [1.165, 1.54) is 11.9 Å². The minimum absolute atomic E-state index is 0.0522. The van der Waals surface area contributed by atoms with Gasteiger partial charge in [-0.05, 0) is 42.1 Å². The van der Waals surface area contributed by atoms with Gasteiger partial charge in [0.05, 0.1) is 20.0 Å². The Morgan fingerprint density at radius 2 is 2.03 bits per heavy atom. The Balaban J connectivity index is 1.41. The molecule has 2 aromatic heterocycles. The number of hydrogen-bond donors (Lipinski definition) is 3. The van der Waals surface area contributed by atoms with Crippen molar-refractivity contribution in [3.8, 4) is 5.75 Å². The molecule has 158 valence electrons. The number of halogens is 1. The number of anilines is 1. The summed E-state index contributed by atoms with van der Waals surface area (Å²) in [5.74, 6) is 1.10. The van der Waals surface area contributed by atoms with E-state index in [1.54, 1.807) is 7.11 Å². The maximum Gasteiger partial charge on any atom is 0.239 e. The fourth-order valence-electron chi connectivity index (χ4n) is 3.70. The molecule has 1 amide bonds. The van der Waals surface area contributed by atoms with Gasteiger partial charge in [0.2, 0.25) is 11.2 Å². The number of fused-ring (bicyclic) bond motifs is 1. The fraction of sp³-hybridized carbons (Fsp3) is 0.400. The van der Waals surface area contributed by atoms with E-state index in [2.05, 4.69) is 42.7 Å². The van der Waals surface area contributed by atoms with Gasteiger partial charge < -0.3 is 25.1 Å². The van der Waals surface area contributed by atoms with Crippen molar-refractivity contribution in [3.63, 3.8) is 0 Å². The smallest absolute Gasteiger partial charge is 0.239 e. The summed E-state index contributed by atoms with van der Waals surface area (Å²) in [6.45, 7) is 1.90. The highest BCUT2D eigenvalue weighted by atomic mass is 35.5. The average molecular weight is 431 g/mol. The Hall–Kier alpha value is -2.91. The van der Waals surface area contributed by atoms with Gasteiger partial charge in [0.15, 0.2) is 11.5 Å². The molecule has 3 N–H and O–H groups in total. The third-order valence-corrected chi connectivity index (χ3v) is 5.62. The molecule has 0 bridgehead atoms. The van der Waals surface area contributed by atoms with Crippen LogP contribution >= 0.6 is 11.6 Å². The Morgan fingerprint density at radius 3 is 2.77 bits per heavy atom. The molecule has 0 radical (unpaired) electrons. The van der Waals surface area contributed by atoms with Gasteiger partial charge in [-0.15, -0.1) is 0 Å². The molecule has 10 heteroatoms. The number of carbonyl (C=O) groups is 1. The van der Waals surface area contributed by atoms with Crippen LogP contribution in [-0.4, -0.2) is 59.3 Å². The van der Waals surface area contributed by atoms with Crippen LogP contribution in [0.25, 0.3) is 11.2 Å². The van der Waals surface area contributed by atoms with Crippen LogP contribution in [0.3, 0.4) is 0 Å². The molecule has 0 aliphatic carbocycles. The highest BCUT2D eigenvalue weighted by Gasteiger charge is 2.34. The third-order valence-electron chi connectivity index (χ3n) is 5.45. The first kappa shape index (κ1) is 20.4. The van der Waals surface area contributed by atoms with E-state index in [4.69, 9.17) is 21.1 Å². The van der Waals surface area contributed by atoms with Crippen molar-refractivity contribution in [1.82, 2.24) is 25.3 Å². The lowest BCUT2D eigenvalue weighted by Gasteiger charge is -2.38. The summed E-state index contributed by atoms with van der Waals surface area (Å²) in [5, 5.41) is 6.13. The van der Waals surface area contributed by atoms with E-state index >= 15 is 0 Å². The van der Waals surface area contributed by atoms with E-state index in [1.807, 2.05) is 12.1 Å². The van der Waals surface area contributed by atoms with E-state index in [0.717, 1.165) is 18.6 Å². The minimum atomic E-state index is -0.172. The van der Waals surface area contributed by atoms with Crippen molar-refractivity contribution in [3.05, 3.63) is 41.4 Å². The molecular formula is C20H23ClN6O3. The zero-order chi connectivity index (χ0) is 21.0. The number of amides is 1. The molecule has 3 aromatic rings. The predicted octanol–water partition coefficient (Wildman–Crippen LogP) is 2.29. The number of benzene rings is 1. The molecule has 4 rings (SSSR count). The lowest BCUT2D eigenvalue weighted by molar-refractivity contribution is -0.119. The van der Waals surface area contributed by atoms with Crippen LogP contribution in [0.15, 0.2) is 30.6 Å². The molecule has 0 spiro atoms. The molecule has 0 unspecified atom stereocenters. The largest absolute Gasteiger partial charge is 0.497 e. The zero-order valence-corrected chi connectivity index (χ0v) is 17.3. The van der Waals surface area contributed by atoms with Crippen LogP contribution in [0.5, 0.6) is 5.75 Å². The highest BCUT2D eigenvalue weighted by Crippen LogP contribution is 2.35. The number of rotatable bonds is 7. The number of H-pyrrole nitrogens is 1. The predicted molar refractivity (Wildman–Crippen MR) is 113 cm³/mol. The molecule has 9 nitrogen and oxygen atoms in total. The van der Waals surface area contributed by atoms with Gasteiger partial charge in [-0.2, -0.15) is 9.97 Å². The molecule has 1 saturated heterocycles. The third kappa shape index (κ3) is 4.31. The summed E-state index contributed by atoms with van der Waals surface area (Å²) in [7, 11) is 1.65. The van der Waals surface area contributed by atoms with Crippen molar-refractivity contribution in [1.29, 1.82) is 0 Å². The van der Waals surface area contributed by atoms with Gasteiger partial charge in [0.25, 0.3) is 0 Å². The van der Waals surface area contributed by atoms with Gasteiger partial charge in [0, 0.05) is 25.2 Å². The molecule has 3 heterocycles. The molecule has 1 aromatic carbocycles. The molecular weight excluding hydrogens is 408 g/mol. The Labute approximate surface area is 178 Å². The lowest BCUT2D eigenvalue weighted by atomic mass is 9.74. The van der Waals surface area contributed by atoms with Crippen molar-refractivity contribution in [2.24, 2.45) is 0 Å². The summed E-state index contributed by atoms with van der Waals surface area (Å²) in [5.41, 5.74) is 2.04. The minimum Gasteiger partial charge on any atom is -0.497 e. The second-order valence-corrected chi connectivity index (χ2v) is 7.53. The molecule has 1 aliphatic rings. The number of imidazole rings is 1. The molecule has 1 aliphatic heterocycles. The first-order valence-electron chi connectivity index (χ1n) is 9.69. The molecule has 30 heavy (non-hydrogen) atoms. The van der Waals surface area contributed by atoms with Crippen molar-refractivity contribution >= 4 is 34.5 Å². The number of aromatic nitrogens is 4. The molecule has 0 atom stereocenters. The van der Waals surface area contributed by atoms with Crippen LogP contribution in [-0.2, 0) is 14.9 Å². The maximum absolute atomic E-state index is 12.6. The lowest BCUT2D eigenvalue weighted by Crippen LogP contribution is -2.45. The average Bonchev–Trinajstić information content (AvgIpc) is 3.25. The number of nitrogens with one attached hydrogen (secondary N) is 3. The number of nitrogens with zero attached hydrogens (tertiary/aromatic N) is 3. The first-order chi connectivity index (χ1) is 14.6. The van der Waals surface area contributed by atoms with Gasteiger partial charge in [-0.3, -0.25) is 4.79 Å². The van der Waals surface area contributed by atoms with Crippen molar-refractivity contribution in [2.45, 2.75) is 18.3 Å². The Morgan fingerprint density at radius 1 is 1.27 bits per heavy atom. The number of hydrogen-bond acceptors (Lipinski definition) is 7. The van der Waals surface area contributed by atoms with Crippen LogP contribution in [0, 0.1) is 0 Å². The second kappa shape index (κ2) is 8.85. The van der Waals surface area contributed by atoms with E-state index in [-0.39, 0.29) is 23.2 Å². The Bertz CT molecular complexity index is 1020. The molecule has 1 fully saturated rings. The van der Waals surface area contributed by atoms with E-state index < -0.39 is 0 Å².